The van der Waals surface area contributed by atoms with E-state index in [0.717, 1.165) is 6.42 Å². The molecule has 1 heterocycles. The van der Waals surface area contributed by atoms with Crippen LogP contribution in [-0.4, -0.2) is 48.1 Å². The van der Waals surface area contributed by atoms with Crippen LogP contribution in [0.3, 0.4) is 0 Å². The minimum absolute atomic E-state index is 0.0636. The summed E-state index contributed by atoms with van der Waals surface area (Å²) in [5.41, 5.74) is 0. The van der Waals surface area contributed by atoms with Crippen LogP contribution in [0.15, 0.2) is 0 Å². The smallest absolute Gasteiger partial charge is 0.308 e. The summed E-state index contributed by atoms with van der Waals surface area (Å²) in [5.74, 6) is -1.19. The van der Waals surface area contributed by atoms with Crippen molar-refractivity contribution >= 4 is 11.9 Å². The number of piperidine rings is 1. The van der Waals surface area contributed by atoms with Gasteiger partial charge in [0.05, 0.1) is 5.92 Å². The fourth-order valence-electron chi connectivity index (χ4n) is 2.06. The van der Waals surface area contributed by atoms with E-state index < -0.39 is 11.9 Å². The van der Waals surface area contributed by atoms with Gasteiger partial charge in [-0.05, 0) is 19.9 Å². The fraction of sp³-hybridized carbons (Fsp3) is 0.818. The Labute approximate surface area is 95.8 Å². The number of amides is 1. The maximum absolute atomic E-state index is 11.7. The molecule has 1 fully saturated rings. The lowest BCUT2D eigenvalue weighted by atomic mass is 9.94. The van der Waals surface area contributed by atoms with Crippen LogP contribution < -0.4 is 5.32 Å². The highest BCUT2D eigenvalue weighted by molar-refractivity contribution is 5.78. The van der Waals surface area contributed by atoms with Crippen LogP contribution in [0.4, 0.5) is 0 Å². The van der Waals surface area contributed by atoms with Gasteiger partial charge in [-0.3, -0.25) is 9.59 Å². The third kappa shape index (κ3) is 3.20. The van der Waals surface area contributed by atoms with Crippen molar-refractivity contribution in [2.45, 2.75) is 32.2 Å². The molecule has 16 heavy (non-hydrogen) atoms. The molecule has 0 spiro atoms. The summed E-state index contributed by atoms with van der Waals surface area (Å²) in [4.78, 5) is 24.4. The number of nitrogens with zero attached hydrogens (tertiary/aromatic N) is 1. The van der Waals surface area contributed by atoms with E-state index in [9.17, 15) is 9.59 Å². The Balaban J connectivity index is 2.63. The first-order chi connectivity index (χ1) is 7.58. The second kappa shape index (κ2) is 5.84. The summed E-state index contributed by atoms with van der Waals surface area (Å²) < 4.78 is 0. The Morgan fingerprint density at radius 3 is 2.62 bits per heavy atom. The normalized spacial score (nSPS) is 25.5. The number of carbonyl (C=O) groups excluding carboxylic acids is 1. The molecule has 0 aliphatic carbocycles. The van der Waals surface area contributed by atoms with Gasteiger partial charge in [0, 0.05) is 25.6 Å². The molecule has 1 aliphatic heterocycles. The average Bonchev–Trinajstić information content (AvgIpc) is 2.28. The Morgan fingerprint density at radius 1 is 1.44 bits per heavy atom. The standard InChI is InChI=1S/C11H20N2O3/c1-3-4-10(14)13-6-8(11(15)16)5-9(7-13)12-2/h8-9,12H,3-7H2,1-2H3,(H,15,16). The molecular formula is C11H20N2O3. The van der Waals surface area contributed by atoms with E-state index in [0.29, 0.717) is 25.9 Å². The van der Waals surface area contributed by atoms with Crippen molar-refractivity contribution in [2.24, 2.45) is 5.92 Å². The van der Waals surface area contributed by atoms with E-state index in [1.807, 2.05) is 6.92 Å². The number of hydrogen-bond donors (Lipinski definition) is 2. The number of likely N-dealkylation sites (N-methyl/N-ethyl adjacent to an activating group) is 1. The van der Waals surface area contributed by atoms with Gasteiger partial charge in [0.1, 0.15) is 0 Å². The molecule has 0 aromatic heterocycles. The van der Waals surface area contributed by atoms with Gasteiger partial charge in [0.15, 0.2) is 0 Å². The van der Waals surface area contributed by atoms with Crippen LogP contribution in [0, 0.1) is 5.92 Å². The monoisotopic (exact) mass is 228 g/mol. The molecule has 1 amide bonds. The zero-order chi connectivity index (χ0) is 12.1. The first kappa shape index (κ1) is 13.0. The van der Waals surface area contributed by atoms with Crippen molar-refractivity contribution in [1.82, 2.24) is 10.2 Å². The first-order valence-electron chi connectivity index (χ1n) is 5.76. The number of nitrogens with one attached hydrogen (secondary N) is 1. The summed E-state index contributed by atoms with van der Waals surface area (Å²) in [6, 6.07) is 0.0932. The van der Waals surface area contributed by atoms with Crippen molar-refractivity contribution in [3.05, 3.63) is 0 Å². The highest BCUT2D eigenvalue weighted by Gasteiger charge is 2.32. The highest BCUT2D eigenvalue weighted by atomic mass is 16.4. The Hall–Kier alpha value is -1.10. The van der Waals surface area contributed by atoms with Crippen molar-refractivity contribution in [3.63, 3.8) is 0 Å². The van der Waals surface area contributed by atoms with E-state index in [4.69, 9.17) is 5.11 Å². The Bertz CT molecular complexity index is 268. The topological polar surface area (TPSA) is 69.6 Å². The maximum atomic E-state index is 11.7. The average molecular weight is 228 g/mol. The van der Waals surface area contributed by atoms with Crippen molar-refractivity contribution in [1.29, 1.82) is 0 Å². The fourth-order valence-corrected chi connectivity index (χ4v) is 2.06. The lowest BCUT2D eigenvalue weighted by Gasteiger charge is -2.36. The molecule has 0 saturated carbocycles. The highest BCUT2D eigenvalue weighted by Crippen LogP contribution is 2.18. The molecule has 5 heteroatoms. The van der Waals surface area contributed by atoms with Crippen LogP contribution in [0.25, 0.3) is 0 Å². The summed E-state index contributed by atoms with van der Waals surface area (Å²) in [6.45, 7) is 2.93. The van der Waals surface area contributed by atoms with Crippen molar-refractivity contribution < 1.29 is 14.7 Å². The number of hydrogen-bond acceptors (Lipinski definition) is 3. The summed E-state index contributed by atoms with van der Waals surface area (Å²) in [5, 5.41) is 12.1. The molecule has 1 rings (SSSR count). The molecule has 2 unspecified atom stereocenters. The SMILES string of the molecule is CCCC(=O)N1CC(NC)CC(C(=O)O)C1. The van der Waals surface area contributed by atoms with E-state index in [2.05, 4.69) is 5.32 Å². The van der Waals surface area contributed by atoms with E-state index >= 15 is 0 Å². The molecule has 0 aromatic rings. The molecule has 0 aromatic carbocycles. The van der Waals surface area contributed by atoms with Gasteiger partial charge in [0.2, 0.25) is 5.91 Å². The quantitative estimate of drug-likeness (QED) is 0.726. The molecular weight excluding hydrogens is 208 g/mol. The third-order valence-corrected chi connectivity index (χ3v) is 3.02. The molecule has 2 atom stereocenters. The minimum Gasteiger partial charge on any atom is -0.481 e. The Kier molecular flexibility index (Phi) is 4.73. The molecule has 0 radical (unpaired) electrons. The number of likely N-dealkylation sites (tertiary alicyclic amines) is 1. The van der Waals surface area contributed by atoms with Crippen LogP contribution >= 0.6 is 0 Å². The second-order valence-electron chi connectivity index (χ2n) is 4.31. The van der Waals surface area contributed by atoms with Gasteiger partial charge in [0.25, 0.3) is 0 Å². The number of rotatable bonds is 4. The molecule has 0 bridgehead atoms. The summed E-state index contributed by atoms with van der Waals surface area (Å²) in [7, 11) is 1.80. The summed E-state index contributed by atoms with van der Waals surface area (Å²) in [6.07, 6.45) is 1.90. The van der Waals surface area contributed by atoms with Crippen LogP contribution in [-0.2, 0) is 9.59 Å². The van der Waals surface area contributed by atoms with E-state index in [1.165, 1.54) is 0 Å². The largest absolute Gasteiger partial charge is 0.481 e. The van der Waals surface area contributed by atoms with Gasteiger partial charge in [-0.2, -0.15) is 0 Å². The van der Waals surface area contributed by atoms with Crippen LogP contribution in [0.2, 0.25) is 0 Å². The lowest BCUT2D eigenvalue weighted by Crippen LogP contribution is -2.52. The third-order valence-electron chi connectivity index (χ3n) is 3.02. The second-order valence-corrected chi connectivity index (χ2v) is 4.31. The molecule has 5 nitrogen and oxygen atoms in total. The van der Waals surface area contributed by atoms with E-state index in [1.54, 1.807) is 11.9 Å². The summed E-state index contributed by atoms with van der Waals surface area (Å²) >= 11 is 0. The van der Waals surface area contributed by atoms with Crippen LogP contribution in [0.1, 0.15) is 26.2 Å². The van der Waals surface area contributed by atoms with Gasteiger partial charge in [-0.1, -0.05) is 6.92 Å². The van der Waals surface area contributed by atoms with Gasteiger partial charge in [-0.25, -0.2) is 0 Å². The number of carbonyl (C=O) groups is 2. The molecule has 1 aliphatic rings. The van der Waals surface area contributed by atoms with E-state index in [-0.39, 0.29) is 11.9 Å². The number of carboxylic acid groups (broad SMARTS) is 1. The van der Waals surface area contributed by atoms with Gasteiger partial charge < -0.3 is 15.3 Å². The first-order valence-corrected chi connectivity index (χ1v) is 5.76. The molecule has 2 N–H and O–H groups in total. The van der Waals surface area contributed by atoms with Crippen molar-refractivity contribution in [2.75, 3.05) is 20.1 Å². The van der Waals surface area contributed by atoms with Gasteiger partial charge >= 0.3 is 5.97 Å². The Morgan fingerprint density at radius 2 is 2.12 bits per heavy atom. The molecule has 1 saturated heterocycles. The predicted molar refractivity (Wildman–Crippen MR) is 60.1 cm³/mol. The minimum atomic E-state index is -0.811. The van der Waals surface area contributed by atoms with Crippen molar-refractivity contribution in [3.8, 4) is 0 Å². The maximum Gasteiger partial charge on any atom is 0.308 e. The predicted octanol–water partition coefficient (Wildman–Crippen LogP) is 0.308. The number of carboxylic acids is 1. The zero-order valence-electron chi connectivity index (χ0n) is 9.90. The van der Waals surface area contributed by atoms with Gasteiger partial charge in [-0.15, -0.1) is 0 Å². The zero-order valence-corrected chi connectivity index (χ0v) is 9.90. The lowest BCUT2D eigenvalue weighted by molar-refractivity contribution is -0.146. The molecule has 92 valence electrons. The number of aliphatic carboxylic acids is 1. The van der Waals surface area contributed by atoms with Crippen LogP contribution in [0.5, 0.6) is 0 Å².